The average molecular weight is 643 g/mol. The molecule has 6 rings (SSSR count). The highest BCUT2D eigenvalue weighted by Crippen LogP contribution is 2.60. The van der Waals surface area contributed by atoms with Crippen molar-refractivity contribution in [3.8, 4) is 5.75 Å². The van der Waals surface area contributed by atoms with Crippen molar-refractivity contribution in [3.05, 3.63) is 53.6 Å². The van der Waals surface area contributed by atoms with Crippen LogP contribution in [0.1, 0.15) is 66.2 Å². The monoisotopic (exact) mass is 642 g/mol. The van der Waals surface area contributed by atoms with Crippen LogP contribution in [0.3, 0.4) is 0 Å². The summed E-state index contributed by atoms with van der Waals surface area (Å²) in [6, 6.07) is 5.05. The molecule has 9 heteroatoms. The Labute approximate surface area is 268 Å². The Kier molecular flexibility index (Phi) is 8.28. The van der Waals surface area contributed by atoms with E-state index in [2.05, 4.69) is 47.8 Å². The van der Waals surface area contributed by atoms with E-state index in [4.69, 9.17) is 21.1 Å². The van der Waals surface area contributed by atoms with E-state index in [1.54, 1.807) is 32.2 Å². The maximum Gasteiger partial charge on any atom is 0.264 e. The number of rotatable bonds is 1. The molecule has 1 aromatic carbocycles. The Bertz CT molecular complexity index is 1510. The van der Waals surface area contributed by atoms with Crippen molar-refractivity contribution >= 4 is 33.2 Å². The highest BCUT2D eigenvalue weighted by molar-refractivity contribution is 7.90. The standard InChI is InChI=1S/C35H47ClN2O5S/c1-23-8-6-10-30(42-5)28-14-16-33(28,3)20-38-21-35(15-7-9-25-18-26(36)13-17-34(25,35)4)22-43-31-12-11-27(19-29(31)38)44(40,41)37-32(39)24(23)2/h6,10-13,17-19,23-25,28,30H,7-9,14-16,20-22H2,1-5H3,(H,37,39)/b10-6+/t23-,24+,25?,28-,30-,33?,34?,35-/m0/s1. The lowest BCUT2D eigenvalue weighted by Gasteiger charge is -2.57. The fourth-order valence-electron chi connectivity index (χ4n) is 8.59. The normalized spacial score (nSPS) is 40.8. The number of amides is 1. The molecule has 1 aromatic rings. The molecule has 7 nitrogen and oxygen atoms in total. The van der Waals surface area contributed by atoms with Crippen LogP contribution in [-0.2, 0) is 19.6 Å². The molecule has 1 spiro atoms. The zero-order chi connectivity index (χ0) is 31.5. The van der Waals surface area contributed by atoms with Crippen LogP contribution in [0, 0.1) is 39.9 Å². The zero-order valence-corrected chi connectivity index (χ0v) is 28.2. The molecule has 2 fully saturated rings. The summed E-state index contributed by atoms with van der Waals surface area (Å²) < 4.78 is 42.4. The van der Waals surface area contributed by atoms with Gasteiger partial charge in [-0.15, -0.1) is 0 Å². The first-order valence-corrected chi connectivity index (χ1v) is 18.0. The molecule has 0 aromatic heterocycles. The van der Waals surface area contributed by atoms with Gasteiger partial charge in [0.25, 0.3) is 10.0 Å². The summed E-state index contributed by atoms with van der Waals surface area (Å²) in [6.45, 7) is 10.5. The molecule has 1 amide bonds. The van der Waals surface area contributed by atoms with Gasteiger partial charge in [-0.2, -0.15) is 0 Å². The number of methoxy groups -OCH3 is 1. The van der Waals surface area contributed by atoms with Gasteiger partial charge >= 0.3 is 0 Å². The highest BCUT2D eigenvalue weighted by atomic mass is 35.5. The SMILES string of the molecule is CO[C@H]1/C=C/C[C@H](C)[C@@H](C)C(=O)NS(=O)(=O)c2ccc3c(c2)N(CC2(C)CC[C@@H]12)C[C@@]1(CCCC2C=C(Cl)C=CC21C)CO3. The molecule has 8 atom stereocenters. The number of ether oxygens (including phenoxy) is 2. The minimum atomic E-state index is -4.09. The van der Waals surface area contributed by atoms with Crippen molar-refractivity contribution < 1.29 is 22.7 Å². The first kappa shape index (κ1) is 31.7. The third kappa shape index (κ3) is 5.32. The lowest BCUT2D eigenvalue weighted by Crippen LogP contribution is -2.58. The molecule has 5 aliphatic rings. The number of benzene rings is 1. The maximum atomic E-state index is 13.6. The fourth-order valence-corrected chi connectivity index (χ4v) is 9.89. The molecule has 240 valence electrons. The second kappa shape index (κ2) is 11.5. The van der Waals surface area contributed by atoms with Crippen LogP contribution in [0.25, 0.3) is 0 Å². The number of fused-ring (bicyclic) bond motifs is 4. The molecule has 0 radical (unpaired) electrons. The summed E-state index contributed by atoms with van der Waals surface area (Å²) in [5.41, 5.74) is 0.332. The smallest absolute Gasteiger partial charge is 0.264 e. The summed E-state index contributed by atoms with van der Waals surface area (Å²) in [7, 11) is -2.31. The summed E-state index contributed by atoms with van der Waals surface area (Å²) in [6.07, 6.45) is 16.7. The van der Waals surface area contributed by atoms with Gasteiger partial charge in [0.15, 0.2) is 0 Å². The van der Waals surface area contributed by atoms with E-state index in [0.29, 0.717) is 30.6 Å². The van der Waals surface area contributed by atoms with E-state index < -0.39 is 21.8 Å². The van der Waals surface area contributed by atoms with Gasteiger partial charge in [-0.05, 0) is 79.5 Å². The van der Waals surface area contributed by atoms with E-state index in [9.17, 15) is 13.2 Å². The maximum absolute atomic E-state index is 13.6. The first-order chi connectivity index (χ1) is 20.8. The topological polar surface area (TPSA) is 84.9 Å². The third-order valence-corrected chi connectivity index (χ3v) is 13.7. The predicted molar refractivity (Wildman–Crippen MR) is 174 cm³/mol. The van der Waals surface area contributed by atoms with Crippen molar-refractivity contribution in [3.63, 3.8) is 0 Å². The summed E-state index contributed by atoms with van der Waals surface area (Å²) in [4.78, 5) is 15.6. The molecule has 2 bridgehead atoms. The Morgan fingerprint density at radius 3 is 2.66 bits per heavy atom. The van der Waals surface area contributed by atoms with E-state index in [-0.39, 0.29) is 33.2 Å². The Hall–Kier alpha value is -2.29. The molecule has 2 saturated carbocycles. The molecule has 3 aliphatic carbocycles. The second-order valence-electron chi connectivity index (χ2n) is 14.6. The van der Waals surface area contributed by atoms with Gasteiger partial charge in [-0.25, -0.2) is 13.1 Å². The predicted octanol–water partition coefficient (Wildman–Crippen LogP) is 6.84. The van der Waals surface area contributed by atoms with Crippen molar-refractivity contribution in [2.24, 2.45) is 39.9 Å². The van der Waals surface area contributed by atoms with Gasteiger partial charge in [0.2, 0.25) is 5.91 Å². The number of hydrogen-bond acceptors (Lipinski definition) is 6. The molecule has 0 saturated heterocycles. The van der Waals surface area contributed by atoms with Gasteiger partial charge in [0.05, 0.1) is 23.3 Å². The number of nitrogens with zero attached hydrogens (tertiary/aromatic N) is 1. The van der Waals surface area contributed by atoms with E-state index >= 15 is 0 Å². The van der Waals surface area contributed by atoms with Crippen molar-refractivity contribution in [2.75, 3.05) is 31.7 Å². The Morgan fingerprint density at radius 1 is 1.14 bits per heavy atom. The number of nitrogens with one attached hydrogen (secondary N) is 1. The van der Waals surface area contributed by atoms with Gasteiger partial charge in [0.1, 0.15) is 5.75 Å². The number of carbonyl (C=O) groups excluding carboxylic acids is 1. The van der Waals surface area contributed by atoms with E-state index in [0.717, 1.165) is 55.9 Å². The van der Waals surface area contributed by atoms with Crippen LogP contribution < -0.4 is 14.4 Å². The quantitative estimate of drug-likeness (QED) is 0.338. The summed E-state index contributed by atoms with van der Waals surface area (Å²) in [5, 5.41) is 0.788. The molecule has 3 unspecified atom stereocenters. The largest absolute Gasteiger partial charge is 0.491 e. The Morgan fingerprint density at radius 2 is 1.93 bits per heavy atom. The minimum Gasteiger partial charge on any atom is -0.491 e. The van der Waals surface area contributed by atoms with E-state index in [1.807, 2.05) is 13.0 Å². The lowest BCUT2D eigenvalue weighted by molar-refractivity contribution is -0.124. The van der Waals surface area contributed by atoms with Crippen LogP contribution in [0.15, 0.2) is 58.5 Å². The van der Waals surface area contributed by atoms with Gasteiger partial charge in [-0.1, -0.05) is 70.0 Å². The third-order valence-electron chi connectivity index (χ3n) is 12.1. The number of halogens is 1. The molecular weight excluding hydrogens is 596 g/mol. The average Bonchev–Trinajstić information content (AvgIpc) is 3.13. The van der Waals surface area contributed by atoms with Crippen molar-refractivity contribution in [1.82, 2.24) is 4.72 Å². The van der Waals surface area contributed by atoms with Crippen LogP contribution in [0.5, 0.6) is 5.75 Å². The number of sulfonamides is 1. The fraction of sp³-hybridized carbons (Fsp3) is 0.629. The van der Waals surface area contributed by atoms with Gasteiger partial charge in [0, 0.05) is 42.0 Å². The molecule has 44 heavy (non-hydrogen) atoms. The summed E-state index contributed by atoms with van der Waals surface area (Å²) in [5.74, 6) is 0.282. The van der Waals surface area contributed by atoms with Crippen molar-refractivity contribution in [2.45, 2.75) is 77.2 Å². The summed E-state index contributed by atoms with van der Waals surface area (Å²) >= 11 is 6.51. The number of allylic oxidation sites excluding steroid dienone is 5. The zero-order valence-electron chi connectivity index (χ0n) is 26.6. The Balaban J connectivity index is 1.46. The van der Waals surface area contributed by atoms with Crippen LogP contribution in [0.2, 0.25) is 0 Å². The minimum absolute atomic E-state index is 0.0357. The molecule has 1 N–H and O–H groups in total. The number of carbonyl (C=O) groups is 1. The highest BCUT2D eigenvalue weighted by Gasteiger charge is 2.57. The van der Waals surface area contributed by atoms with Crippen LogP contribution in [0.4, 0.5) is 5.69 Å². The molecular formula is C35H47ClN2O5S. The first-order valence-electron chi connectivity index (χ1n) is 16.2. The van der Waals surface area contributed by atoms with Crippen molar-refractivity contribution in [1.29, 1.82) is 0 Å². The second-order valence-corrected chi connectivity index (χ2v) is 16.7. The van der Waals surface area contributed by atoms with Crippen LogP contribution in [-0.4, -0.2) is 47.2 Å². The molecule has 2 aliphatic heterocycles. The number of anilines is 1. The van der Waals surface area contributed by atoms with Gasteiger partial charge in [-0.3, -0.25) is 4.79 Å². The number of hydrogen-bond donors (Lipinski definition) is 1. The van der Waals surface area contributed by atoms with Gasteiger partial charge < -0.3 is 14.4 Å². The molecule has 2 heterocycles. The lowest BCUT2D eigenvalue weighted by atomic mass is 9.51. The van der Waals surface area contributed by atoms with E-state index in [1.165, 1.54) is 0 Å². The van der Waals surface area contributed by atoms with Crippen LogP contribution >= 0.6 is 11.6 Å².